The molecule has 0 aromatic carbocycles. The maximum Gasteiger partial charge on any atom is 0.230 e. The van der Waals surface area contributed by atoms with E-state index in [0.29, 0.717) is 30.2 Å². The number of nitrogens with zero attached hydrogens (tertiary/aromatic N) is 5. The lowest BCUT2D eigenvalue weighted by Gasteiger charge is -2.29. The van der Waals surface area contributed by atoms with E-state index in [2.05, 4.69) is 39.1 Å². The van der Waals surface area contributed by atoms with E-state index in [9.17, 15) is 0 Å². The number of likely N-dealkylation sites (tertiary alicyclic amines) is 1. The largest absolute Gasteiger partial charge is 0.424 e. The minimum Gasteiger partial charge on any atom is -0.424 e. The van der Waals surface area contributed by atoms with Crippen molar-refractivity contribution < 1.29 is 8.94 Å². The molecule has 2 aliphatic rings. The summed E-state index contributed by atoms with van der Waals surface area (Å²) in [4.78, 5) is 6.96. The van der Waals surface area contributed by atoms with E-state index < -0.39 is 0 Å². The van der Waals surface area contributed by atoms with Gasteiger partial charge >= 0.3 is 0 Å². The lowest BCUT2D eigenvalue weighted by molar-refractivity contribution is 0.177. The highest BCUT2D eigenvalue weighted by molar-refractivity contribution is 5.05. The standard InChI is InChI=1S/C16H23N5O2/c1-10(2)15-19-18-13(22-15)9-21-7-3-4-12(8-21)14-17-16(23-20-14)11-5-6-11/h10-12H,3-9H2,1-2H3/t12-/m0/s1. The van der Waals surface area contributed by atoms with E-state index in [-0.39, 0.29) is 5.92 Å². The van der Waals surface area contributed by atoms with E-state index >= 15 is 0 Å². The van der Waals surface area contributed by atoms with E-state index in [1.54, 1.807) is 0 Å². The molecule has 1 aliphatic heterocycles. The fraction of sp³-hybridized carbons (Fsp3) is 0.750. The van der Waals surface area contributed by atoms with Gasteiger partial charge in [-0.25, -0.2) is 0 Å². The van der Waals surface area contributed by atoms with Crippen LogP contribution in [0.3, 0.4) is 0 Å². The molecule has 1 saturated carbocycles. The van der Waals surface area contributed by atoms with Gasteiger partial charge in [-0.2, -0.15) is 4.98 Å². The number of hydrogen-bond donors (Lipinski definition) is 0. The average molecular weight is 317 g/mol. The van der Waals surface area contributed by atoms with Crippen molar-refractivity contribution in [1.29, 1.82) is 0 Å². The van der Waals surface area contributed by atoms with Crippen LogP contribution < -0.4 is 0 Å². The van der Waals surface area contributed by atoms with Gasteiger partial charge in [-0.05, 0) is 32.2 Å². The second-order valence-corrected chi connectivity index (χ2v) is 7.03. The second kappa shape index (κ2) is 6.03. The van der Waals surface area contributed by atoms with Crippen LogP contribution in [0.5, 0.6) is 0 Å². The van der Waals surface area contributed by atoms with Gasteiger partial charge in [0.25, 0.3) is 0 Å². The first-order valence-corrected chi connectivity index (χ1v) is 8.57. The third kappa shape index (κ3) is 3.29. The van der Waals surface area contributed by atoms with Crippen LogP contribution in [-0.2, 0) is 6.54 Å². The fourth-order valence-corrected chi connectivity index (χ4v) is 3.07. The van der Waals surface area contributed by atoms with Crippen LogP contribution in [0.4, 0.5) is 0 Å². The molecule has 7 heteroatoms. The Morgan fingerprint density at radius 2 is 2.04 bits per heavy atom. The molecule has 3 heterocycles. The zero-order valence-corrected chi connectivity index (χ0v) is 13.7. The Morgan fingerprint density at radius 3 is 2.78 bits per heavy atom. The summed E-state index contributed by atoms with van der Waals surface area (Å²) in [6.07, 6.45) is 4.62. The van der Waals surface area contributed by atoms with Crippen LogP contribution in [0.25, 0.3) is 0 Å². The molecular formula is C16H23N5O2. The van der Waals surface area contributed by atoms with E-state index in [4.69, 9.17) is 8.94 Å². The molecule has 124 valence electrons. The molecule has 2 aromatic heterocycles. The Kier molecular flexibility index (Phi) is 3.88. The van der Waals surface area contributed by atoms with Crippen LogP contribution in [0.1, 0.15) is 80.8 Å². The van der Waals surface area contributed by atoms with Gasteiger partial charge in [0.05, 0.1) is 6.54 Å². The molecule has 2 fully saturated rings. The van der Waals surface area contributed by atoms with Crippen LogP contribution in [0.15, 0.2) is 8.94 Å². The number of rotatable bonds is 5. The lowest BCUT2D eigenvalue weighted by atomic mass is 9.97. The fourth-order valence-electron chi connectivity index (χ4n) is 3.07. The van der Waals surface area contributed by atoms with Gasteiger partial charge in [0, 0.05) is 24.3 Å². The molecule has 1 saturated heterocycles. The predicted octanol–water partition coefficient (Wildman–Crippen LogP) is 2.83. The van der Waals surface area contributed by atoms with Gasteiger partial charge in [0.1, 0.15) is 0 Å². The van der Waals surface area contributed by atoms with Crippen molar-refractivity contribution in [2.45, 2.75) is 63.8 Å². The normalized spacial score (nSPS) is 22.8. The highest BCUT2D eigenvalue weighted by Gasteiger charge is 2.32. The molecule has 0 bridgehead atoms. The summed E-state index contributed by atoms with van der Waals surface area (Å²) in [6, 6.07) is 0. The zero-order chi connectivity index (χ0) is 15.8. The molecule has 0 radical (unpaired) electrons. The van der Waals surface area contributed by atoms with Crippen molar-refractivity contribution in [3.05, 3.63) is 23.5 Å². The summed E-state index contributed by atoms with van der Waals surface area (Å²) in [5.74, 6) is 4.23. The van der Waals surface area contributed by atoms with E-state index in [1.807, 2.05) is 0 Å². The van der Waals surface area contributed by atoms with Crippen molar-refractivity contribution in [2.75, 3.05) is 13.1 Å². The molecule has 0 unspecified atom stereocenters. The Labute approximate surface area is 135 Å². The predicted molar refractivity (Wildman–Crippen MR) is 81.9 cm³/mol. The minimum absolute atomic E-state index is 0.269. The van der Waals surface area contributed by atoms with Gasteiger partial charge < -0.3 is 8.94 Å². The summed E-state index contributed by atoms with van der Waals surface area (Å²) < 4.78 is 11.1. The molecule has 0 amide bonds. The second-order valence-electron chi connectivity index (χ2n) is 7.03. The summed E-state index contributed by atoms with van der Waals surface area (Å²) in [5, 5.41) is 12.5. The average Bonchev–Trinajstić information content (AvgIpc) is 3.09. The summed E-state index contributed by atoms with van der Waals surface area (Å²) in [7, 11) is 0. The van der Waals surface area contributed by atoms with Crippen LogP contribution >= 0.6 is 0 Å². The van der Waals surface area contributed by atoms with Crippen molar-refractivity contribution in [1.82, 2.24) is 25.2 Å². The van der Waals surface area contributed by atoms with E-state index in [0.717, 1.165) is 37.6 Å². The molecule has 2 aromatic rings. The molecule has 0 N–H and O–H groups in total. The quantitative estimate of drug-likeness (QED) is 0.838. The summed E-state index contributed by atoms with van der Waals surface area (Å²) >= 11 is 0. The van der Waals surface area contributed by atoms with Gasteiger partial charge in [0.2, 0.25) is 17.7 Å². The van der Waals surface area contributed by atoms with Crippen LogP contribution in [-0.4, -0.2) is 38.3 Å². The number of aromatic nitrogens is 4. The van der Waals surface area contributed by atoms with E-state index in [1.165, 1.54) is 12.8 Å². The van der Waals surface area contributed by atoms with Gasteiger partial charge in [-0.15, -0.1) is 10.2 Å². The Balaban J connectivity index is 1.39. The number of hydrogen-bond acceptors (Lipinski definition) is 7. The van der Waals surface area contributed by atoms with Gasteiger partial charge in [-0.3, -0.25) is 4.90 Å². The number of piperidine rings is 1. The smallest absolute Gasteiger partial charge is 0.230 e. The van der Waals surface area contributed by atoms with Gasteiger partial charge in [-0.1, -0.05) is 19.0 Å². The molecular weight excluding hydrogens is 294 g/mol. The maximum absolute atomic E-state index is 5.72. The summed E-state index contributed by atoms with van der Waals surface area (Å²) in [6.45, 7) is 6.78. The Morgan fingerprint density at radius 1 is 1.17 bits per heavy atom. The first-order chi connectivity index (χ1) is 11.2. The highest BCUT2D eigenvalue weighted by atomic mass is 16.5. The Bertz CT molecular complexity index is 661. The maximum atomic E-state index is 5.72. The molecule has 0 spiro atoms. The lowest BCUT2D eigenvalue weighted by Crippen LogP contribution is -2.34. The minimum atomic E-state index is 0.269. The van der Waals surface area contributed by atoms with Crippen molar-refractivity contribution in [2.24, 2.45) is 0 Å². The molecule has 4 rings (SSSR count). The highest BCUT2D eigenvalue weighted by Crippen LogP contribution is 2.39. The zero-order valence-electron chi connectivity index (χ0n) is 13.7. The SMILES string of the molecule is CC(C)c1nnc(CN2CCC[C@H](c3noc(C4CC4)n3)C2)o1. The monoisotopic (exact) mass is 317 g/mol. The van der Waals surface area contributed by atoms with Crippen LogP contribution in [0, 0.1) is 0 Å². The topological polar surface area (TPSA) is 81.1 Å². The van der Waals surface area contributed by atoms with Crippen molar-refractivity contribution in [3.8, 4) is 0 Å². The van der Waals surface area contributed by atoms with Gasteiger partial charge in [0.15, 0.2) is 5.82 Å². The molecule has 23 heavy (non-hydrogen) atoms. The Hall–Kier alpha value is -1.76. The first-order valence-electron chi connectivity index (χ1n) is 8.57. The van der Waals surface area contributed by atoms with Crippen molar-refractivity contribution in [3.63, 3.8) is 0 Å². The molecule has 7 nitrogen and oxygen atoms in total. The third-order valence-electron chi connectivity index (χ3n) is 4.59. The van der Waals surface area contributed by atoms with Crippen molar-refractivity contribution >= 4 is 0 Å². The molecule has 1 atom stereocenters. The summed E-state index contributed by atoms with van der Waals surface area (Å²) in [5.41, 5.74) is 0. The first kappa shape index (κ1) is 14.8. The molecule has 1 aliphatic carbocycles. The van der Waals surface area contributed by atoms with Crippen LogP contribution in [0.2, 0.25) is 0 Å². The third-order valence-corrected chi connectivity index (χ3v) is 4.59.